The molecule has 1 aliphatic heterocycles. The quantitative estimate of drug-likeness (QED) is 0.301. The van der Waals surface area contributed by atoms with E-state index in [2.05, 4.69) is 50.4 Å². The van der Waals surface area contributed by atoms with Crippen molar-refractivity contribution in [3.63, 3.8) is 0 Å². The van der Waals surface area contributed by atoms with Gasteiger partial charge in [-0.1, -0.05) is 37.6 Å². The number of nitrogens with zero attached hydrogens (tertiary/aromatic N) is 6. The molecule has 4 aromatic rings. The SMILES string of the molecule is CC(Nc1cc(=O)n(C)c2c(Nc3ccnc(Cl)c3C#N)cccc12)c1ncc(N2C[C@H](C)C[C@H](C)C2)cn1. The lowest BCUT2D eigenvalue weighted by atomic mass is 9.92. The number of hydrogen-bond acceptors (Lipinski definition) is 8. The van der Waals surface area contributed by atoms with Gasteiger partial charge in [0.05, 0.1) is 41.0 Å². The number of benzene rings is 1. The molecular formula is C29H31ClN8O. The molecule has 0 spiro atoms. The third-order valence-corrected chi connectivity index (χ3v) is 7.48. The van der Waals surface area contributed by atoms with E-state index in [9.17, 15) is 10.1 Å². The highest BCUT2D eigenvalue weighted by molar-refractivity contribution is 6.31. The average molecular weight is 543 g/mol. The number of piperidine rings is 1. The standard InChI is InChI=1S/C29H31ClN8O/c1-17-10-18(2)16-38(15-17)20-13-33-29(34-14-20)19(3)35-25-11-26(39)37(4)27-21(25)6-5-7-24(27)36-23-8-9-32-28(30)22(23)12-31/h5-9,11,13-14,17-19,35H,10,15-16H2,1-4H3,(H,32,36)/t17-,18+,19?. The predicted octanol–water partition coefficient (Wildman–Crippen LogP) is 5.65. The fraction of sp³-hybridized carbons (Fsp3) is 0.345. The number of hydrogen-bond donors (Lipinski definition) is 2. The Bertz CT molecular complexity index is 1600. The van der Waals surface area contributed by atoms with E-state index in [1.807, 2.05) is 37.5 Å². The Morgan fingerprint density at radius 2 is 1.79 bits per heavy atom. The van der Waals surface area contributed by atoms with E-state index in [1.54, 1.807) is 23.7 Å². The molecule has 0 saturated carbocycles. The molecule has 1 fully saturated rings. The van der Waals surface area contributed by atoms with Crippen LogP contribution in [0.5, 0.6) is 0 Å². The Morgan fingerprint density at radius 1 is 1.08 bits per heavy atom. The maximum absolute atomic E-state index is 13.0. The normalized spacial score (nSPS) is 18.0. The van der Waals surface area contributed by atoms with Crippen LogP contribution in [-0.4, -0.2) is 32.6 Å². The Labute approximate surface area is 232 Å². The van der Waals surface area contributed by atoms with E-state index in [1.165, 1.54) is 12.6 Å². The highest BCUT2D eigenvalue weighted by Crippen LogP contribution is 2.33. The molecular weight excluding hydrogens is 512 g/mol. The number of para-hydroxylation sites is 1. The van der Waals surface area contributed by atoms with Crippen molar-refractivity contribution in [3.05, 3.63) is 75.8 Å². The van der Waals surface area contributed by atoms with Crippen molar-refractivity contribution in [1.82, 2.24) is 19.5 Å². The third kappa shape index (κ3) is 5.38. The van der Waals surface area contributed by atoms with Crippen LogP contribution in [0.2, 0.25) is 5.15 Å². The smallest absolute Gasteiger partial charge is 0.252 e. The van der Waals surface area contributed by atoms with E-state index >= 15 is 0 Å². The molecule has 1 aliphatic rings. The molecule has 9 nitrogen and oxygen atoms in total. The van der Waals surface area contributed by atoms with E-state index in [-0.39, 0.29) is 22.3 Å². The number of aryl methyl sites for hydroxylation is 1. The number of nitriles is 1. The van der Waals surface area contributed by atoms with Gasteiger partial charge in [-0.2, -0.15) is 5.26 Å². The fourth-order valence-corrected chi connectivity index (χ4v) is 5.63. The first kappa shape index (κ1) is 26.4. The summed E-state index contributed by atoms with van der Waals surface area (Å²) in [5.74, 6) is 1.93. The van der Waals surface area contributed by atoms with Gasteiger partial charge in [-0.15, -0.1) is 0 Å². The Kier molecular flexibility index (Phi) is 7.40. The van der Waals surface area contributed by atoms with Gasteiger partial charge in [0.25, 0.3) is 5.56 Å². The summed E-state index contributed by atoms with van der Waals surface area (Å²) in [7, 11) is 1.72. The van der Waals surface area contributed by atoms with E-state index in [0.717, 1.165) is 24.2 Å². The van der Waals surface area contributed by atoms with Crippen LogP contribution in [0.1, 0.15) is 44.6 Å². The summed E-state index contributed by atoms with van der Waals surface area (Å²) in [6.07, 6.45) is 6.56. The van der Waals surface area contributed by atoms with Gasteiger partial charge in [0.2, 0.25) is 0 Å². The lowest BCUT2D eigenvalue weighted by molar-refractivity contribution is 0.356. The van der Waals surface area contributed by atoms with Crippen molar-refractivity contribution in [3.8, 4) is 6.07 Å². The minimum atomic E-state index is -0.241. The molecule has 1 saturated heterocycles. The summed E-state index contributed by atoms with van der Waals surface area (Å²) in [4.78, 5) is 28.7. The van der Waals surface area contributed by atoms with E-state index in [4.69, 9.17) is 11.6 Å². The summed E-state index contributed by atoms with van der Waals surface area (Å²) in [5.41, 5.74) is 3.61. The maximum atomic E-state index is 13.0. The second-order valence-electron chi connectivity index (χ2n) is 10.4. The highest BCUT2D eigenvalue weighted by Gasteiger charge is 2.23. The molecule has 1 aromatic carbocycles. The van der Waals surface area contributed by atoms with Gasteiger partial charge >= 0.3 is 0 Å². The summed E-state index contributed by atoms with van der Waals surface area (Å²) >= 11 is 6.12. The number of anilines is 4. The van der Waals surface area contributed by atoms with Crippen LogP contribution in [0.15, 0.2) is 53.7 Å². The highest BCUT2D eigenvalue weighted by atomic mass is 35.5. The minimum absolute atomic E-state index is 0.114. The summed E-state index contributed by atoms with van der Waals surface area (Å²) in [6, 6.07) is 10.8. The zero-order valence-electron chi connectivity index (χ0n) is 22.4. The van der Waals surface area contributed by atoms with Crippen LogP contribution in [0.4, 0.5) is 22.7 Å². The first-order valence-electron chi connectivity index (χ1n) is 13.0. The molecule has 5 rings (SSSR count). The second kappa shape index (κ2) is 10.9. The molecule has 3 aromatic heterocycles. The van der Waals surface area contributed by atoms with Crippen molar-refractivity contribution >= 4 is 45.3 Å². The molecule has 0 radical (unpaired) electrons. The molecule has 10 heteroatoms. The molecule has 3 atom stereocenters. The van der Waals surface area contributed by atoms with Gasteiger partial charge in [-0.25, -0.2) is 15.0 Å². The van der Waals surface area contributed by atoms with Crippen LogP contribution in [0.3, 0.4) is 0 Å². The molecule has 4 heterocycles. The Balaban J connectivity index is 1.44. The van der Waals surface area contributed by atoms with Gasteiger partial charge in [0.15, 0.2) is 0 Å². The van der Waals surface area contributed by atoms with Crippen LogP contribution in [0.25, 0.3) is 10.9 Å². The summed E-state index contributed by atoms with van der Waals surface area (Å²) in [5, 5.41) is 17.2. The Morgan fingerprint density at radius 3 is 2.49 bits per heavy atom. The van der Waals surface area contributed by atoms with Crippen LogP contribution in [0, 0.1) is 23.2 Å². The fourth-order valence-electron chi connectivity index (χ4n) is 5.43. The largest absolute Gasteiger partial charge is 0.375 e. The van der Waals surface area contributed by atoms with Gasteiger partial charge in [-0.3, -0.25) is 4.79 Å². The maximum Gasteiger partial charge on any atom is 0.252 e. The number of rotatable bonds is 6. The molecule has 0 bridgehead atoms. The summed E-state index contributed by atoms with van der Waals surface area (Å²) < 4.78 is 1.58. The summed E-state index contributed by atoms with van der Waals surface area (Å²) in [6.45, 7) is 8.57. The van der Waals surface area contributed by atoms with Crippen molar-refractivity contribution in [2.45, 2.75) is 33.2 Å². The first-order chi connectivity index (χ1) is 18.7. The third-order valence-electron chi connectivity index (χ3n) is 7.20. The zero-order chi connectivity index (χ0) is 27.7. The lowest BCUT2D eigenvalue weighted by Gasteiger charge is -2.36. The van der Waals surface area contributed by atoms with E-state index < -0.39 is 0 Å². The first-order valence-corrected chi connectivity index (χ1v) is 13.4. The van der Waals surface area contributed by atoms with Gasteiger partial charge in [0, 0.05) is 43.5 Å². The molecule has 39 heavy (non-hydrogen) atoms. The monoisotopic (exact) mass is 542 g/mol. The second-order valence-corrected chi connectivity index (χ2v) is 10.8. The number of halogens is 1. The molecule has 200 valence electrons. The van der Waals surface area contributed by atoms with Crippen LogP contribution >= 0.6 is 11.6 Å². The van der Waals surface area contributed by atoms with E-state index in [0.29, 0.717) is 40.2 Å². The van der Waals surface area contributed by atoms with Gasteiger partial charge in [0.1, 0.15) is 22.6 Å². The molecule has 2 N–H and O–H groups in total. The molecule has 0 aliphatic carbocycles. The van der Waals surface area contributed by atoms with Crippen LogP contribution in [-0.2, 0) is 7.05 Å². The van der Waals surface area contributed by atoms with Crippen molar-refractivity contribution in [1.29, 1.82) is 5.26 Å². The number of fused-ring (bicyclic) bond motifs is 1. The lowest BCUT2D eigenvalue weighted by Crippen LogP contribution is -2.38. The predicted molar refractivity (Wildman–Crippen MR) is 156 cm³/mol. The number of nitrogens with one attached hydrogen (secondary N) is 2. The molecule has 0 amide bonds. The average Bonchev–Trinajstić information content (AvgIpc) is 2.91. The van der Waals surface area contributed by atoms with Gasteiger partial charge in [-0.05, 0) is 37.3 Å². The number of pyridine rings is 2. The van der Waals surface area contributed by atoms with Crippen molar-refractivity contribution < 1.29 is 0 Å². The van der Waals surface area contributed by atoms with Gasteiger partial charge < -0.3 is 20.1 Å². The van der Waals surface area contributed by atoms with Crippen molar-refractivity contribution in [2.24, 2.45) is 18.9 Å². The van der Waals surface area contributed by atoms with Crippen LogP contribution < -0.4 is 21.1 Å². The molecule has 1 unspecified atom stereocenters. The topological polar surface area (TPSA) is 112 Å². The van der Waals surface area contributed by atoms with Crippen molar-refractivity contribution in [2.75, 3.05) is 28.6 Å². The Hall–Kier alpha value is -4.16. The minimum Gasteiger partial charge on any atom is -0.375 e. The number of aromatic nitrogens is 4. The zero-order valence-corrected chi connectivity index (χ0v) is 23.2.